The molecule has 8 heteroatoms. The molecule has 1 fully saturated rings. The summed E-state index contributed by atoms with van der Waals surface area (Å²) in [5.74, 6) is 0.0142. The molecule has 8 nitrogen and oxygen atoms in total. The standard InChI is InChI=1S/C17H23N5O3/c1-17(2,3)25-16(24)22-10-8-21(9-11-22)15(23)12-13-4-6-14(7-5-13)19-20-18/h4-7H,8-12H2,1-3H3. The van der Waals surface area contributed by atoms with E-state index in [4.69, 9.17) is 10.3 Å². The Hall–Kier alpha value is -2.73. The van der Waals surface area contributed by atoms with E-state index in [9.17, 15) is 9.59 Å². The molecule has 2 amide bonds. The van der Waals surface area contributed by atoms with Crippen LogP contribution < -0.4 is 0 Å². The summed E-state index contributed by atoms with van der Waals surface area (Å²) in [6.45, 7) is 7.42. The van der Waals surface area contributed by atoms with E-state index >= 15 is 0 Å². The van der Waals surface area contributed by atoms with E-state index in [1.165, 1.54) is 0 Å². The summed E-state index contributed by atoms with van der Waals surface area (Å²) in [5, 5.41) is 3.50. The Kier molecular flexibility index (Phi) is 5.88. The number of rotatable bonds is 3. The predicted octanol–water partition coefficient (Wildman–Crippen LogP) is 3.25. The monoisotopic (exact) mass is 345 g/mol. The van der Waals surface area contributed by atoms with Crippen molar-refractivity contribution in [3.05, 3.63) is 40.3 Å². The number of piperazine rings is 1. The topological polar surface area (TPSA) is 98.6 Å². The van der Waals surface area contributed by atoms with Crippen molar-refractivity contribution in [3.63, 3.8) is 0 Å². The summed E-state index contributed by atoms with van der Waals surface area (Å²) in [5.41, 5.74) is 9.24. The molecule has 0 aromatic heterocycles. The Morgan fingerprint density at radius 1 is 1.12 bits per heavy atom. The van der Waals surface area contributed by atoms with Crippen molar-refractivity contribution >= 4 is 17.7 Å². The van der Waals surface area contributed by atoms with Crippen molar-refractivity contribution in [1.29, 1.82) is 0 Å². The number of nitrogens with zero attached hydrogens (tertiary/aromatic N) is 5. The van der Waals surface area contributed by atoms with Gasteiger partial charge in [-0.1, -0.05) is 29.4 Å². The number of ether oxygens (including phenoxy) is 1. The molecule has 1 aliphatic heterocycles. The van der Waals surface area contributed by atoms with Gasteiger partial charge in [-0.05, 0) is 31.9 Å². The van der Waals surface area contributed by atoms with Crippen LogP contribution in [0.2, 0.25) is 0 Å². The summed E-state index contributed by atoms with van der Waals surface area (Å²) >= 11 is 0. The molecule has 0 unspecified atom stereocenters. The first kappa shape index (κ1) is 18.6. The van der Waals surface area contributed by atoms with Gasteiger partial charge < -0.3 is 14.5 Å². The van der Waals surface area contributed by atoms with Crippen molar-refractivity contribution in [2.45, 2.75) is 32.8 Å². The highest BCUT2D eigenvalue weighted by molar-refractivity contribution is 5.79. The average Bonchev–Trinajstić information content (AvgIpc) is 2.55. The lowest BCUT2D eigenvalue weighted by atomic mass is 10.1. The lowest BCUT2D eigenvalue weighted by Crippen LogP contribution is -2.51. The highest BCUT2D eigenvalue weighted by Crippen LogP contribution is 2.15. The lowest BCUT2D eigenvalue weighted by Gasteiger charge is -2.35. The minimum atomic E-state index is -0.522. The van der Waals surface area contributed by atoms with E-state index in [2.05, 4.69) is 10.0 Å². The lowest BCUT2D eigenvalue weighted by molar-refractivity contribution is -0.132. The van der Waals surface area contributed by atoms with Crippen LogP contribution in [-0.4, -0.2) is 53.6 Å². The second-order valence-corrected chi connectivity index (χ2v) is 6.88. The zero-order valence-electron chi connectivity index (χ0n) is 14.8. The fourth-order valence-corrected chi connectivity index (χ4v) is 2.48. The van der Waals surface area contributed by atoms with Gasteiger partial charge >= 0.3 is 6.09 Å². The first-order valence-corrected chi connectivity index (χ1v) is 8.18. The third-order valence-corrected chi connectivity index (χ3v) is 3.74. The number of amides is 2. The van der Waals surface area contributed by atoms with Gasteiger partial charge in [0.05, 0.1) is 6.42 Å². The molecule has 0 saturated carbocycles. The zero-order valence-corrected chi connectivity index (χ0v) is 14.8. The number of benzene rings is 1. The van der Waals surface area contributed by atoms with Gasteiger partial charge in [0.2, 0.25) is 5.91 Å². The Morgan fingerprint density at radius 3 is 2.20 bits per heavy atom. The van der Waals surface area contributed by atoms with Crippen molar-refractivity contribution in [1.82, 2.24) is 9.80 Å². The van der Waals surface area contributed by atoms with Crippen LogP contribution in [0.1, 0.15) is 26.3 Å². The van der Waals surface area contributed by atoms with Gasteiger partial charge in [0.15, 0.2) is 0 Å². The molecule has 0 atom stereocenters. The normalized spacial score (nSPS) is 14.7. The molecule has 0 bridgehead atoms. The van der Waals surface area contributed by atoms with Crippen molar-refractivity contribution in [2.24, 2.45) is 5.11 Å². The van der Waals surface area contributed by atoms with Crippen LogP contribution >= 0.6 is 0 Å². The summed E-state index contributed by atoms with van der Waals surface area (Å²) in [6, 6.07) is 6.92. The van der Waals surface area contributed by atoms with E-state index in [0.717, 1.165) is 5.56 Å². The number of hydrogen-bond donors (Lipinski definition) is 0. The molecular formula is C17H23N5O3. The third kappa shape index (κ3) is 5.69. The molecule has 0 spiro atoms. The maximum Gasteiger partial charge on any atom is 0.410 e. The molecule has 134 valence electrons. The average molecular weight is 345 g/mol. The molecule has 1 aromatic rings. The number of carbonyl (C=O) groups excluding carboxylic acids is 2. The molecule has 0 N–H and O–H groups in total. The van der Waals surface area contributed by atoms with E-state index < -0.39 is 5.60 Å². The molecule has 2 rings (SSSR count). The van der Waals surface area contributed by atoms with E-state index in [1.54, 1.807) is 34.1 Å². The van der Waals surface area contributed by atoms with Crippen LogP contribution in [0.25, 0.3) is 10.4 Å². The van der Waals surface area contributed by atoms with Gasteiger partial charge in [-0.25, -0.2) is 4.79 Å². The largest absolute Gasteiger partial charge is 0.444 e. The Balaban J connectivity index is 1.84. The number of carbonyl (C=O) groups is 2. The number of hydrogen-bond acceptors (Lipinski definition) is 4. The summed E-state index contributed by atoms with van der Waals surface area (Å²) in [7, 11) is 0. The van der Waals surface area contributed by atoms with Gasteiger partial charge in [-0.15, -0.1) is 0 Å². The van der Waals surface area contributed by atoms with Crippen LogP contribution in [-0.2, 0) is 16.0 Å². The molecule has 1 heterocycles. The SMILES string of the molecule is CC(C)(C)OC(=O)N1CCN(C(=O)Cc2ccc(N=[N+]=[N-])cc2)CC1. The molecule has 1 aliphatic rings. The van der Waals surface area contributed by atoms with Gasteiger partial charge in [-0.2, -0.15) is 0 Å². The predicted molar refractivity (Wildman–Crippen MR) is 93.3 cm³/mol. The van der Waals surface area contributed by atoms with Crippen LogP contribution in [0.3, 0.4) is 0 Å². The highest BCUT2D eigenvalue weighted by Gasteiger charge is 2.27. The maximum atomic E-state index is 12.4. The fourth-order valence-electron chi connectivity index (χ4n) is 2.48. The van der Waals surface area contributed by atoms with Crippen LogP contribution in [0.15, 0.2) is 29.4 Å². The molecular weight excluding hydrogens is 322 g/mol. The van der Waals surface area contributed by atoms with Crippen LogP contribution in [0.4, 0.5) is 10.5 Å². The van der Waals surface area contributed by atoms with Gasteiger partial charge in [-0.3, -0.25) is 4.79 Å². The number of azide groups is 1. The Morgan fingerprint density at radius 2 is 1.68 bits per heavy atom. The van der Waals surface area contributed by atoms with Crippen molar-refractivity contribution in [3.8, 4) is 0 Å². The second kappa shape index (κ2) is 7.90. The molecule has 1 aromatic carbocycles. The smallest absolute Gasteiger partial charge is 0.410 e. The molecule has 0 aliphatic carbocycles. The highest BCUT2D eigenvalue weighted by atomic mass is 16.6. The summed E-state index contributed by atoms with van der Waals surface area (Å²) < 4.78 is 5.35. The minimum absolute atomic E-state index is 0.0142. The maximum absolute atomic E-state index is 12.4. The molecule has 0 radical (unpaired) electrons. The Labute approximate surface area is 147 Å². The van der Waals surface area contributed by atoms with E-state index in [1.807, 2.05) is 20.8 Å². The second-order valence-electron chi connectivity index (χ2n) is 6.88. The molecule has 1 saturated heterocycles. The van der Waals surface area contributed by atoms with Crippen LogP contribution in [0.5, 0.6) is 0 Å². The first-order valence-electron chi connectivity index (χ1n) is 8.18. The van der Waals surface area contributed by atoms with E-state index in [0.29, 0.717) is 31.9 Å². The van der Waals surface area contributed by atoms with Gasteiger partial charge in [0.1, 0.15) is 5.60 Å². The third-order valence-electron chi connectivity index (χ3n) is 3.74. The zero-order chi connectivity index (χ0) is 18.4. The summed E-state index contributed by atoms with van der Waals surface area (Å²) in [6.07, 6.45) is -0.0589. The fraction of sp³-hybridized carbons (Fsp3) is 0.529. The first-order chi connectivity index (χ1) is 11.8. The molecule has 25 heavy (non-hydrogen) atoms. The van der Waals surface area contributed by atoms with Crippen molar-refractivity contribution < 1.29 is 14.3 Å². The van der Waals surface area contributed by atoms with Crippen molar-refractivity contribution in [2.75, 3.05) is 26.2 Å². The van der Waals surface area contributed by atoms with Gasteiger partial charge in [0, 0.05) is 36.8 Å². The Bertz CT molecular complexity index is 667. The quantitative estimate of drug-likeness (QED) is 0.477. The van der Waals surface area contributed by atoms with E-state index in [-0.39, 0.29) is 18.4 Å². The van der Waals surface area contributed by atoms with Crippen LogP contribution in [0, 0.1) is 0 Å². The summed E-state index contributed by atoms with van der Waals surface area (Å²) in [4.78, 5) is 30.5. The van der Waals surface area contributed by atoms with Gasteiger partial charge in [0.25, 0.3) is 0 Å². The minimum Gasteiger partial charge on any atom is -0.444 e.